The number of hydrogen-bond donors (Lipinski definition) is 1. The molecule has 1 unspecified atom stereocenters. The summed E-state index contributed by atoms with van der Waals surface area (Å²) in [5.74, 6) is -2.84. The van der Waals surface area contributed by atoms with Crippen LogP contribution in [0.1, 0.15) is 9.68 Å². The zero-order chi connectivity index (χ0) is 14.9. The van der Waals surface area contributed by atoms with Crippen molar-refractivity contribution in [2.75, 3.05) is 12.4 Å². The minimum absolute atomic E-state index is 0.149. The third kappa shape index (κ3) is 3.75. The normalized spacial score (nSPS) is 19.3. The summed E-state index contributed by atoms with van der Waals surface area (Å²) in [7, 11) is -4.18. The quantitative estimate of drug-likeness (QED) is 0.645. The second-order valence-corrected chi connectivity index (χ2v) is 4.87. The van der Waals surface area contributed by atoms with Crippen LogP contribution < -0.4 is 0 Å². The smallest absolute Gasteiger partial charge is 0.297 e. The van der Waals surface area contributed by atoms with Crippen LogP contribution >= 0.6 is 11.6 Å². The fraction of sp³-hybridized carbons (Fsp3) is 0.400. The lowest BCUT2D eigenvalue weighted by atomic mass is 10.2. The number of aryl methyl sites for hydroxylation is 1. The Morgan fingerprint density at radius 2 is 2.12 bits per heavy atom. The second-order valence-electron chi connectivity index (χ2n) is 3.07. The summed E-state index contributed by atoms with van der Waals surface area (Å²) in [6.07, 6.45) is -2.88. The van der Waals surface area contributed by atoms with E-state index in [0.717, 1.165) is 5.56 Å². The number of halogens is 1. The molecule has 6 heteroatoms. The molecule has 0 saturated carbocycles. The van der Waals surface area contributed by atoms with Crippen molar-refractivity contribution in [1.29, 1.82) is 0 Å². The van der Waals surface area contributed by atoms with Gasteiger partial charge in [-0.25, -0.2) is 0 Å². The first kappa shape index (κ1) is 9.41. The van der Waals surface area contributed by atoms with Crippen molar-refractivity contribution >= 4 is 21.7 Å². The van der Waals surface area contributed by atoms with E-state index in [-0.39, 0.29) is 4.90 Å². The summed E-state index contributed by atoms with van der Waals surface area (Å²) in [5, 5.41) is 9.38. The molecule has 0 aliphatic carbocycles. The van der Waals surface area contributed by atoms with Gasteiger partial charge in [-0.2, -0.15) is 8.42 Å². The Morgan fingerprint density at radius 1 is 1.56 bits per heavy atom. The van der Waals surface area contributed by atoms with E-state index in [9.17, 15) is 13.5 Å². The third-order valence-corrected chi connectivity index (χ3v) is 3.27. The van der Waals surface area contributed by atoms with Crippen molar-refractivity contribution in [3.05, 3.63) is 29.8 Å². The minimum Gasteiger partial charge on any atom is -0.389 e. The van der Waals surface area contributed by atoms with Crippen LogP contribution in [0.3, 0.4) is 0 Å². The first-order valence-corrected chi connectivity index (χ1v) is 6.12. The molecule has 1 aromatic carbocycles. The molecular formula is C10H13ClO4S. The molecule has 1 aromatic rings. The molecule has 0 spiro atoms. The summed E-state index contributed by atoms with van der Waals surface area (Å²) in [5.41, 5.74) is 0.855. The first-order chi connectivity index (χ1) is 8.46. The van der Waals surface area contributed by atoms with Crippen molar-refractivity contribution in [1.82, 2.24) is 0 Å². The van der Waals surface area contributed by atoms with Crippen LogP contribution in [0.25, 0.3) is 0 Å². The molecule has 0 saturated heterocycles. The van der Waals surface area contributed by atoms with Gasteiger partial charge in [0.05, 0.1) is 24.8 Å². The number of hydrogen-bond acceptors (Lipinski definition) is 4. The highest BCUT2D eigenvalue weighted by atomic mass is 35.5. The van der Waals surface area contributed by atoms with Gasteiger partial charge in [0.15, 0.2) is 0 Å². The Morgan fingerprint density at radius 3 is 2.62 bits per heavy atom. The van der Waals surface area contributed by atoms with Crippen molar-refractivity contribution in [2.24, 2.45) is 0 Å². The maximum absolute atomic E-state index is 11.7. The predicted molar refractivity (Wildman–Crippen MR) is 61.0 cm³/mol. The van der Waals surface area contributed by atoms with E-state index in [2.05, 4.69) is 4.18 Å². The standard InChI is InChI=1S/C10H13ClO4S/c1-8-2-4-10(5-3-8)16(13,14)15-7-9(12)6-11/h2-5,9,12H,6-7H2,1H3/i6D2,9D. The average Bonchev–Trinajstić information content (AvgIpc) is 2.26. The highest BCUT2D eigenvalue weighted by Crippen LogP contribution is 2.13. The Bertz CT molecular complexity index is 537. The van der Waals surface area contributed by atoms with Crippen molar-refractivity contribution in [2.45, 2.75) is 17.9 Å². The van der Waals surface area contributed by atoms with Crippen molar-refractivity contribution in [3.8, 4) is 0 Å². The molecule has 0 aromatic heterocycles. The molecule has 16 heavy (non-hydrogen) atoms. The van der Waals surface area contributed by atoms with Crippen molar-refractivity contribution < 1.29 is 21.8 Å². The fourth-order valence-corrected chi connectivity index (χ4v) is 1.86. The molecule has 0 bridgehead atoms. The van der Waals surface area contributed by atoms with Gasteiger partial charge in [-0.15, -0.1) is 11.6 Å². The molecule has 0 heterocycles. The SMILES string of the molecule is [2H]C([2H])(Cl)C([2H])(O)COS(=O)(=O)c1ccc(C)cc1. The van der Waals surface area contributed by atoms with Crippen LogP contribution in [0.2, 0.25) is 0 Å². The van der Waals surface area contributed by atoms with Crippen LogP contribution in [0.5, 0.6) is 0 Å². The first-order valence-electron chi connectivity index (χ1n) is 5.83. The average molecular weight is 268 g/mol. The van der Waals surface area contributed by atoms with Crippen molar-refractivity contribution in [3.63, 3.8) is 0 Å². The van der Waals surface area contributed by atoms with Gasteiger partial charge in [-0.3, -0.25) is 4.18 Å². The second kappa shape index (κ2) is 5.63. The van der Waals surface area contributed by atoms with Crippen LogP contribution in [-0.4, -0.2) is 32.0 Å². The van der Waals surface area contributed by atoms with Gasteiger partial charge in [-0.05, 0) is 19.1 Å². The molecular weight excluding hydrogens is 252 g/mol. The Labute approximate surface area is 104 Å². The molecule has 0 aliphatic heterocycles. The Kier molecular flexibility index (Phi) is 3.31. The number of benzene rings is 1. The fourth-order valence-electron chi connectivity index (χ4n) is 0.934. The Balaban J connectivity index is 2.85. The molecule has 0 aliphatic rings. The van der Waals surface area contributed by atoms with Gasteiger partial charge in [0, 0.05) is 2.74 Å². The van der Waals surface area contributed by atoms with E-state index in [1.54, 1.807) is 19.1 Å². The van der Waals surface area contributed by atoms with Gasteiger partial charge in [0.2, 0.25) is 0 Å². The third-order valence-electron chi connectivity index (χ3n) is 1.77. The van der Waals surface area contributed by atoms with E-state index in [1.807, 2.05) is 0 Å². The largest absolute Gasteiger partial charge is 0.389 e. The van der Waals surface area contributed by atoms with Gasteiger partial charge in [-0.1, -0.05) is 17.7 Å². The minimum atomic E-state index is -4.18. The van der Waals surface area contributed by atoms with Gasteiger partial charge >= 0.3 is 0 Å². The zero-order valence-corrected chi connectivity index (χ0v) is 10.0. The summed E-state index contributed by atoms with van der Waals surface area (Å²) in [6, 6.07) is 5.74. The number of aliphatic hydroxyl groups is 1. The molecule has 0 amide bonds. The van der Waals surface area contributed by atoms with Gasteiger partial charge < -0.3 is 5.11 Å². The molecule has 4 nitrogen and oxygen atoms in total. The zero-order valence-electron chi connectivity index (χ0n) is 11.5. The topological polar surface area (TPSA) is 63.6 Å². The van der Waals surface area contributed by atoms with Gasteiger partial charge in [0.1, 0.15) is 0 Å². The van der Waals surface area contributed by atoms with Gasteiger partial charge in [0.25, 0.3) is 10.1 Å². The highest BCUT2D eigenvalue weighted by Gasteiger charge is 2.16. The summed E-state index contributed by atoms with van der Waals surface area (Å²) in [6.45, 7) is 0.668. The lowest BCUT2D eigenvalue weighted by molar-refractivity contribution is 0.128. The van der Waals surface area contributed by atoms with E-state index >= 15 is 0 Å². The van der Waals surface area contributed by atoms with Crippen LogP contribution in [-0.2, 0) is 14.3 Å². The number of rotatable bonds is 5. The molecule has 1 atom stereocenters. The predicted octanol–water partition coefficient (Wildman–Crippen LogP) is 1.30. The molecule has 1 N–H and O–H groups in total. The summed E-state index contributed by atoms with van der Waals surface area (Å²) < 4.78 is 49.1. The summed E-state index contributed by atoms with van der Waals surface area (Å²) >= 11 is 5.14. The maximum Gasteiger partial charge on any atom is 0.297 e. The van der Waals surface area contributed by atoms with E-state index in [1.165, 1.54) is 12.1 Å². The van der Waals surface area contributed by atoms with E-state index in [4.69, 9.17) is 15.7 Å². The molecule has 1 rings (SSSR count). The van der Waals surface area contributed by atoms with Crippen LogP contribution in [0.15, 0.2) is 29.2 Å². The van der Waals surface area contributed by atoms with Crippen LogP contribution in [0, 0.1) is 6.92 Å². The lowest BCUT2D eigenvalue weighted by Crippen LogP contribution is -2.20. The number of alkyl halides is 1. The monoisotopic (exact) mass is 267 g/mol. The van der Waals surface area contributed by atoms with E-state index < -0.39 is 28.6 Å². The molecule has 90 valence electrons. The highest BCUT2D eigenvalue weighted by molar-refractivity contribution is 7.86. The molecule has 0 fully saturated rings. The van der Waals surface area contributed by atoms with E-state index in [0.29, 0.717) is 0 Å². The Hall–Kier alpha value is -0.620. The lowest BCUT2D eigenvalue weighted by Gasteiger charge is -2.08. The van der Waals surface area contributed by atoms with Crippen LogP contribution in [0.4, 0.5) is 0 Å². The maximum atomic E-state index is 11.7. The summed E-state index contributed by atoms with van der Waals surface area (Å²) in [4.78, 5) is -0.149. The molecule has 0 radical (unpaired) electrons.